The van der Waals surface area contributed by atoms with E-state index in [1.165, 1.54) is 5.56 Å². The minimum atomic E-state index is -0.462. The Labute approximate surface area is 121 Å². The van der Waals surface area contributed by atoms with Crippen molar-refractivity contribution >= 4 is 0 Å². The molecule has 2 nitrogen and oxygen atoms in total. The lowest BCUT2D eigenvalue weighted by Crippen LogP contribution is -2.05. The molecule has 0 aliphatic rings. The minimum Gasteiger partial charge on any atom is -0.493 e. The summed E-state index contributed by atoms with van der Waals surface area (Å²) in [6.07, 6.45) is 2.32. The van der Waals surface area contributed by atoms with E-state index in [4.69, 9.17) is 4.74 Å². The van der Waals surface area contributed by atoms with Gasteiger partial charge in [-0.25, -0.2) is 0 Å². The van der Waals surface area contributed by atoms with Gasteiger partial charge in [-0.3, -0.25) is 0 Å². The number of aliphatic hydroxyl groups is 1. The van der Waals surface area contributed by atoms with Crippen LogP contribution < -0.4 is 4.74 Å². The summed E-state index contributed by atoms with van der Waals surface area (Å²) in [6.45, 7) is 2.68. The molecule has 0 amide bonds. The Bertz CT molecular complexity index is 508. The fourth-order valence-electron chi connectivity index (χ4n) is 2.22. The van der Waals surface area contributed by atoms with E-state index in [9.17, 15) is 5.11 Å². The van der Waals surface area contributed by atoms with E-state index in [2.05, 4.69) is 19.1 Å². The van der Waals surface area contributed by atoms with Crippen molar-refractivity contribution in [3.8, 4) is 5.75 Å². The zero-order valence-electron chi connectivity index (χ0n) is 12.0. The number of hydrogen-bond donors (Lipinski definition) is 1. The molecule has 0 fully saturated rings. The first-order valence-corrected chi connectivity index (χ1v) is 7.24. The summed E-state index contributed by atoms with van der Waals surface area (Å²) >= 11 is 0. The Kier molecular flexibility index (Phi) is 5.63. The van der Waals surface area contributed by atoms with Crippen LogP contribution in [0.4, 0.5) is 0 Å². The molecule has 0 spiro atoms. The molecule has 1 atom stereocenters. The zero-order chi connectivity index (χ0) is 14.2. The van der Waals surface area contributed by atoms with Gasteiger partial charge in [-0.15, -0.1) is 0 Å². The second-order valence-corrected chi connectivity index (χ2v) is 4.96. The van der Waals surface area contributed by atoms with Gasteiger partial charge in [0.2, 0.25) is 0 Å². The Morgan fingerprint density at radius 1 is 1.05 bits per heavy atom. The molecule has 0 bridgehead atoms. The number of hydrogen-bond acceptors (Lipinski definition) is 2. The molecule has 20 heavy (non-hydrogen) atoms. The van der Waals surface area contributed by atoms with Crippen LogP contribution in [0.25, 0.3) is 0 Å². The highest BCUT2D eigenvalue weighted by Gasteiger charge is 2.08. The number of benzene rings is 2. The number of rotatable bonds is 7. The highest BCUT2D eigenvalue weighted by molar-refractivity contribution is 5.25. The van der Waals surface area contributed by atoms with Crippen molar-refractivity contribution in [2.24, 2.45) is 0 Å². The summed E-state index contributed by atoms with van der Waals surface area (Å²) in [6, 6.07) is 17.9. The summed E-state index contributed by atoms with van der Waals surface area (Å²) in [5, 5.41) is 10.2. The summed E-state index contributed by atoms with van der Waals surface area (Å²) < 4.78 is 5.62. The maximum atomic E-state index is 10.2. The number of ether oxygens (including phenoxy) is 1. The Morgan fingerprint density at radius 3 is 2.60 bits per heavy atom. The lowest BCUT2D eigenvalue weighted by molar-refractivity contribution is 0.140. The van der Waals surface area contributed by atoms with Gasteiger partial charge in [-0.1, -0.05) is 55.8 Å². The lowest BCUT2D eigenvalue weighted by atomic mass is 10.0. The van der Waals surface area contributed by atoms with Crippen molar-refractivity contribution < 1.29 is 9.84 Å². The van der Waals surface area contributed by atoms with Gasteiger partial charge in [0.15, 0.2) is 0 Å². The number of para-hydroxylation sites is 1. The molecule has 0 heterocycles. The molecular weight excluding hydrogens is 248 g/mol. The van der Waals surface area contributed by atoms with Crippen molar-refractivity contribution in [3.63, 3.8) is 0 Å². The van der Waals surface area contributed by atoms with E-state index in [0.29, 0.717) is 13.0 Å². The van der Waals surface area contributed by atoms with E-state index in [-0.39, 0.29) is 0 Å². The van der Waals surface area contributed by atoms with Crippen LogP contribution in [0.15, 0.2) is 54.6 Å². The lowest BCUT2D eigenvalue weighted by Gasteiger charge is -2.13. The van der Waals surface area contributed by atoms with Gasteiger partial charge in [-0.05, 0) is 29.7 Å². The highest BCUT2D eigenvalue weighted by atomic mass is 16.5. The molecule has 2 rings (SSSR count). The highest BCUT2D eigenvalue weighted by Crippen LogP contribution is 2.19. The van der Waals surface area contributed by atoms with Crippen molar-refractivity contribution in [1.82, 2.24) is 0 Å². The first-order valence-electron chi connectivity index (χ1n) is 7.24. The number of aryl methyl sites for hydroxylation is 1. The third-order valence-corrected chi connectivity index (χ3v) is 3.28. The van der Waals surface area contributed by atoms with Gasteiger partial charge in [0.25, 0.3) is 0 Å². The molecule has 1 unspecified atom stereocenters. The molecular formula is C18H22O2. The molecule has 2 aromatic carbocycles. The summed E-state index contributed by atoms with van der Waals surface area (Å²) in [4.78, 5) is 0. The normalized spacial score (nSPS) is 12.1. The molecule has 0 aromatic heterocycles. The van der Waals surface area contributed by atoms with Crippen LogP contribution in [0.1, 0.15) is 37.0 Å². The maximum Gasteiger partial charge on any atom is 0.119 e. The van der Waals surface area contributed by atoms with Gasteiger partial charge in [0, 0.05) is 6.42 Å². The molecule has 0 saturated carbocycles. The second kappa shape index (κ2) is 7.71. The average Bonchev–Trinajstić information content (AvgIpc) is 2.49. The fraction of sp³-hybridized carbons (Fsp3) is 0.333. The molecule has 0 aliphatic carbocycles. The van der Waals surface area contributed by atoms with Gasteiger partial charge < -0.3 is 9.84 Å². The van der Waals surface area contributed by atoms with Crippen LogP contribution in [-0.4, -0.2) is 11.7 Å². The predicted molar refractivity (Wildman–Crippen MR) is 82.0 cm³/mol. The molecule has 1 N–H and O–H groups in total. The number of aliphatic hydroxyl groups excluding tert-OH is 1. The van der Waals surface area contributed by atoms with E-state index in [1.54, 1.807) is 0 Å². The van der Waals surface area contributed by atoms with Gasteiger partial charge >= 0.3 is 0 Å². The van der Waals surface area contributed by atoms with Crippen molar-refractivity contribution in [3.05, 3.63) is 65.7 Å². The molecule has 0 radical (unpaired) electrons. The Hall–Kier alpha value is -1.80. The fourth-order valence-corrected chi connectivity index (χ4v) is 2.22. The van der Waals surface area contributed by atoms with Crippen molar-refractivity contribution in [2.45, 2.75) is 32.3 Å². The minimum absolute atomic E-state index is 0.462. The van der Waals surface area contributed by atoms with E-state index in [0.717, 1.165) is 24.2 Å². The first-order chi connectivity index (χ1) is 9.79. The molecule has 2 heteroatoms. The molecule has 0 aliphatic heterocycles. The van der Waals surface area contributed by atoms with Crippen molar-refractivity contribution in [1.29, 1.82) is 0 Å². The summed E-state index contributed by atoms with van der Waals surface area (Å²) in [5.41, 5.74) is 2.26. The van der Waals surface area contributed by atoms with E-state index < -0.39 is 6.10 Å². The maximum absolute atomic E-state index is 10.2. The molecule has 2 aromatic rings. The quantitative estimate of drug-likeness (QED) is 0.819. The topological polar surface area (TPSA) is 29.5 Å². The molecule has 106 valence electrons. The van der Waals surface area contributed by atoms with Crippen LogP contribution >= 0.6 is 0 Å². The van der Waals surface area contributed by atoms with Crippen LogP contribution in [0.5, 0.6) is 5.75 Å². The summed E-state index contributed by atoms with van der Waals surface area (Å²) in [7, 11) is 0. The van der Waals surface area contributed by atoms with Crippen LogP contribution in [0.2, 0.25) is 0 Å². The third-order valence-electron chi connectivity index (χ3n) is 3.28. The Balaban J connectivity index is 1.85. The monoisotopic (exact) mass is 270 g/mol. The van der Waals surface area contributed by atoms with Crippen LogP contribution in [0, 0.1) is 0 Å². The smallest absolute Gasteiger partial charge is 0.119 e. The van der Waals surface area contributed by atoms with Gasteiger partial charge in [0.1, 0.15) is 5.75 Å². The average molecular weight is 270 g/mol. The third kappa shape index (κ3) is 4.39. The SMILES string of the molecule is CCCc1cccc(C(O)CCOc2ccccc2)c1. The second-order valence-electron chi connectivity index (χ2n) is 4.96. The van der Waals surface area contributed by atoms with Crippen molar-refractivity contribution in [2.75, 3.05) is 6.61 Å². The van der Waals surface area contributed by atoms with Gasteiger partial charge in [-0.2, -0.15) is 0 Å². The van der Waals surface area contributed by atoms with E-state index >= 15 is 0 Å². The standard InChI is InChI=1S/C18H22O2/c1-2-7-15-8-6-9-16(14-15)18(19)12-13-20-17-10-4-3-5-11-17/h3-6,8-11,14,18-19H,2,7,12-13H2,1H3. The van der Waals surface area contributed by atoms with E-state index in [1.807, 2.05) is 42.5 Å². The summed E-state index contributed by atoms with van der Waals surface area (Å²) in [5.74, 6) is 0.847. The Morgan fingerprint density at radius 2 is 1.85 bits per heavy atom. The van der Waals surface area contributed by atoms with Gasteiger partial charge in [0.05, 0.1) is 12.7 Å². The predicted octanol–water partition coefficient (Wildman–Crippen LogP) is 4.14. The zero-order valence-corrected chi connectivity index (χ0v) is 12.0. The van der Waals surface area contributed by atoms with Crippen LogP contribution in [0.3, 0.4) is 0 Å². The largest absolute Gasteiger partial charge is 0.493 e. The van der Waals surface area contributed by atoms with Crippen LogP contribution in [-0.2, 0) is 6.42 Å². The first kappa shape index (κ1) is 14.6. The molecule has 0 saturated heterocycles.